The van der Waals surface area contributed by atoms with E-state index < -0.39 is 16.4 Å². The second-order valence-corrected chi connectivity index (χ2v) is 3.58. The van der Waals surface area contributed by atoms with Crippen molar-refractivity contribution >= 4 is 16.4 Å². The van der Waals surface area contributed by atoms with Gasteiger partial charge in [0.2, 0.25) is 0 Å². The fraction of sp³-hybridized carbons (Fsp3) is 1.00. The monoisotopic (exact) mass is 198 g/mol. The minimum atomic E-state index is -2.17. The maximum atomic E-state index is 10.6. The van der Waals surface area contributed by atoms with Gasteiger partial charge in [-0.15, -0.1) is 0 Å². The first-order valence-corrected chi connectivity index (χ1v) is 5.38. The summed E-state index contributed by atoms with van der Waals surface area (Å²) < 4.78 is 30.3. The van der Waals surface area contributed by atoms with Crippen molar-refractivity contribution in [3.8, 4) is 0 Å². The van der Waals surface area contributed by atoms with Crippen LogP contribution in [0.25, 0.3) is 0 Å². The predicted octanol–water partition coefficient (Wildman–Crippen LogP) is 1.98. The maximum Gasteiger partial charge on any atom is 0.326 e. The molecule has 0 heterocycles. The molecule has 11 heavy (non-hydrogen) atoms. The zero-order valence-electron chi connectivity index (χ0n) is 6.39. The molecular weight excluding hydrogens is 188 g/mol. The minimum Gasteiger partial charge on any atom is -0.291 e. The second-order valence-electron chi connectivity index (χ2n) is 1.40. The molecule has 0 aromatic heterocycles. The lowest BCUT2D eigenvalue weighted by Gasteiger charge is -1.97. The first-order chi connectivity index (χ1) is 5.20. The quantitative estimate of drug-likeness (QED) is 0.612. The minimum absolute atomic E-state index is 0.286. The second kappa shape index (κ2) is 6.77. The van der Waals surface area contributed by atoms with E-state index in [9.17, 15) is 9.13 Å². The Bertz CT molecular complexity index is 135. The smallest absolute Gasteiger partial charge is 0.291 e. The third kappa shape index (κ3) is 6.48. The SMILES string of the molecule is CCO[P](=O)[N][P](=O)OCC. The molecule has 3 radical (unpaired) electrons. The molecule has 0 aliphatic rings. The number of rotatable bonds is 6. The third-order valence-corrected chi connectivity index (χ3v) is 2.75. The largest absolute Gasteiger partial charge is 0.326 e. The summed E-state index contributed by atoms with van der Waals surface area (Å²) in [7, 11) is -4.33. The van der Waals surface area contributed by atoms with E-state index in [1.165, 1.54) is 0 Å². The summed E-state index contributed by atoms with van der Waals surface area (Å²) in [6.07, 6.45) is 0. The summed E-state index contributed by atoms with van der Waals surface area (Å²) >= 11 is 0. The van der Waals surface area contributed by atoms with Crippen molar-refractivity contribution in [1.82, 2.24) is 4.86 Å². The molecule has 2 unspecified atom stereocenters. The van der Waals surface area contributed by atoms with Gasteiger partial charge in [-0.05, 0) is 18.7 Å². The van der Waals surface area contributed by atoms with Gasteiger partial charge >= 0.3 is 16.4 Å². The number of nitrogens with zero attached hydrogens (tertiary/aromatic N) is 1. The van der Waals surface area contributed by atoms with Crippen LogP contribution in [0.15, 0.2) is 0 Å². The molecule has 0 fully saturated rings. The maximum absolute atomic E-state index is 10.6. The highest BCUT2D eigenvalue weighted by Gasteiger charge is 2.08. The molecule has 65 valence electrons. The molecule has 0 aliphatic carbocycles. The average Bonchev–Trinajstić information content (AvgIpc) is 1.87. The van der Waals surface area contributed by atoms with Crippen LogP contribution in [-0.4, -0.2) is 13.2 Å². The van der Waals surface area contributed by atoms with E-state index >= 15 is 0 Å². The van der Waals surface area contributed by atoms with E-state index in [-0.39, 0.29) is 13.2 Å². The molecule has 0 aromatic carbocycles. The highest BCUT2D eigenvalue weighted by atomic mass is 31.2. The molecule has 0 spiro atoms. The van der Waals surface area contributed by atoms with Crippen molar-refractivity contribution in [1.29, 1.82) is 0 Å². The van der Waals surface area contributed by atoms with Gasteiger partial charge in [0.25, 0.3) is 0 Å². The molecule has 0 aromatic rings. The number of hydrogen-bond acceptors (Lipinski definition) is 4. The van der Waals surface area contributed by atoms with E-state index in [2.05, 4.69) is 13.9 Å². The van der Waals surface area contributed by atoms with Gasteiger partial charge in [0.05, 0.1) is 13.2 Å². The van der Waals surface area contributed by atoms with Crippen molar-refractivity contribution in [3.63, 3.8) is 0 Å². The highest BCUT2D eigenvalue weighted by molar-refractivity contribution is 7.53. The van der Waals surface area contributed by atoms with Gasteiger partial charge in [-0.25, -0.2) is 9.13 Å². The van der Waals surface area contributed by atoms with Gasteiger partial charge in [-0.3, -0.25) is 9.05 Å². The van der Waals surface area contributed by atoms with Crippen molar-refractivity contribution in [2.45, 2.75) is 13.8 Å². The summed E-state index contributed by atoms with van der Waals surface area (Å²) in [6.45, 7) is 3.93. The van der Waals surface area contributed by atoms with Crippen LogP contribution in [-0.2, 0) is 18.2 Å². The average molecular weight is 198 g/mol. The summed E-state index contributed by atoms with van der Waals surface area (Å²) in [5.41, 5.74) is 0. The fourth-order valence-corrected chi connectivity index (χ4v) is 1.66. The molecule has 7 heteroatoms. The molecule has 0 amide bonds. The zero-order chi connectivity index (χ0) is 8.69. The Labute approximate surface area is 67.3 Å². The lowest BCUT2D eigenvalue weighted by atomic mass is 10.9. The van der Waals surface area contributed by atoms with Crippen molar-refractivity contribution < 1.29 is 18.2 Å². The van der Waals surface area contributed by atoms with E-state index in [4.69, 9.17) is 0 Å². The summed E-state index contributed by atoms with van der Waals surface area (Å²) in [4.78, 5) is 3.23. The lowest BCUT2D eigenvalue weighted by Crippen LogP contribution is -1.88. The van der Waals surface area contributed by atoms with E-state index in [0.29, 0.717) is 0 Å². The standard InChI is InChI=1S/C4H10NO4P2/c1-3-8-10(6)5-11(7)9-4-2/h3-4H2,1-2H3. The predicted molar refractivity (Wildman–Crippen MR) is 40.6 cm³/mol. The summed E-state index contributed by atoms with van der Waals surface area (Å²) in [6, 6.07) is 0. The Balaban J connectivity index is 3.49. The van der Waals surface area contributed by atoms with Crippen LogP contribution in [0.5, 0.6) is 0 Å². The topological polar surface area (TPSA) is 66.7 Å². The van der Waals surface area contributed by atoms with Gasteiger partial charge in [-0.1, -0.05) is 0 Å². The molecule has 5 nitrogen and oxygen atoms in total. The van der Waals surface area contributed by atoms with Crippen molar-refractivity contribution in [2.24, 2.45) is 0 Å². The van der Waals surface area contributed by atoms with E-state index in [1.54, 1.807) is 13.8 Å². The molecule has 0 saturated heterocycles. The van der Waals surface area contributed by atoms with Gasteiger partial charge in [-0.2, -0.15) is 0 Å². The van der Waals surface area contributed by atoms with E-state index in [0.717, 1.165) is 0 Å². The molecule has 0 aliphatic heterocycles. The van der Waals surface area contributed by atoms with Gasteiger partial charge < -0.3 is 0 Å². The fourth-order valence-electron chi connectivity index (χ4n) is 0.332. The van der Waals surface area contributed by atoms with Crippen molar-refractivity contribution in [2.75, 3.05) is 13.2 Å². The molecule has 0 bridgehead atoms. The third-order valence-electron chi connectivity index (χ3n) is 0.625. The van der Waals surface area contributed by atoms with E-state index in [1.807, 2.05) is 0 Å². The Morgan fingerprint density at radius 2 is 1.45 bits per heavy atom. The van der Waals surface area contributed by atoms with Crippen LogP contribution >= 0.6 is 16.4 Å². The first-order valence-electron chi connectivity index (χ1n) is 3.12. The Morgan fingerprint density at radius 3 is 1.73 bits per heavy atom. The zero-order valence-corrected chi connectivity index (χ0v) is 8.18. The Hall–Kier alpha value is 0.0800. The highest BCUT2D eigenvalue weighted by Crippen LogP contribution is 2.32. The lowest BCUT2D eigenvalue weighted by molar-refractivity contribution is 0.332. The van der Waals surface area contributed by atoms with Crippen molar-refractivity contribution in [3.05, 3.63) is 0 Å². The van der Waals surface area contributed by atoms with Crippen LogP contribution in [0, 0.1) is 0 Å². The summed E-state index contributed by atoms with van der Waals surface area (Å²) in [5.74, 6) is 0. The molecular formula is C4H10NO4P2. The number of hydrogen-bond donors (Lipinski definition) is 0. The van der Waals surface area contributed by atoms with Gasteiger partial charge in [0, 0.05) is 0 Å². The van der Waals surface area contributed by atoms with Gasteiger partial charge in [0.1, 0.15) is 0 Å². The molecule has 0 N–H and O–H groups in total. The first kappa shape index (κ1) is 11.1. The normalized spacial score (nSPS) is 12.9. The van der Waals surface area contributed by atoms with Crippen LogP contribution in [0.1, 0.15) is 13.8 Å². The molecule has 0 rings (SSSR count). The molecule has 2 atom stereocenters. The van der Waals surface area contributed by atoms with Crippen LogP contribution in [0.3, 0.4) is 0 Å². The molecule has 0 saturated carbocycles. The Kier molecular flexibility index (Phi) is 6.82. The van der Waals surface area contributed by atoms with Gasteiger partial charge in [0.15, 0.2) is 0 Å². The van der Waals surface area contributed by atoms with Crippen LogP contribution in [0.4, 0.5) is 0 Å². The van der Waals surface area contributed by atoms with Crippen LogP contribution in [0.2, 0.25) is 0 Å². The van der Waals surface area contributed by atoms with Crippen LogP contribution < -0.4 is 4.86 Å². The Morgan fingerprint density at radius 1 is 1.09 bits per heavy atom. The summed E-state index contributed by atoms with van der Waals surface area (Å²) in [5, 5.41) is 0.